The van der Waals surface area contributed by atoms with Gasteiger partial charge in [0.05, 0.1) is 0 Å². The highest BCUT2D eigenvalue weighted by Gasteiger charge is 2.14. The average Bonchev–Trinajstić information content (AvgIpc) is 3.28. The number of fused-ring (bicyclic) bond motifs is 1. The molecular weight excluding hydrogens is 408 g/mol. The smallest absolute Gasteiger partial charge is 0.231 e. The lowest BCUT2D eigenvalue weighted by Gasteiger charge is -2.20. The number of aromatic hydroxyl groups is 1. The zero-order chi connectivity index (χ0) is 22.3. The van der Waals surface area contributed by atoms with Gasteiger partial charge in [0.25, 0.3) is 0 Å². The maximum atomic E-state index is 9.43. The largest absolute Gasteiger partial charge is 0.508 e. The predicted molar refractivity (Wildman–Crippen MR) is 124 cm³/mol. The Bertz CT molecular complexity index is 1040. The molecule has 0 spiro atoms. The Hall–Kier alpha value is -3.75. The van der Waals surface area contributed by atoms with E-state index in [9.17, 15) is 5.11 Å². The normalized spacial score (nSPS) is 11.9. The zero-order valence-corrected chi connectivity index (χ0v) is 18.3. The van der Waals surface area contributed by atoms with Gasteiger partial charge in [-0.05, 0) is 55.7 Å². The molecule has 0 radical (unpaired) electrons. The van der Waals surface area contributed by atoms with Crippen molar-refractivity contribution in [2.24, 2.45) is 0 Å². The summed E-state index contributed by atoms with van der Waals surface area (Å²) < 4.78 is 10.8. The van der Waals surface area contributed by atoms with Crippen molar-refractivity contribution < 1.29 is 14.6 Å². The van der Waals surface area contributed by atoms with Crippen LogP contribution >= 0.6 is 0 Å². The molecule has 4 rings (SSSR count). The SMILES string of the molecule is CCN(CC)c1nc(NCCc2ccc(O)cc2)nc(NCc2ccc3c(c2)OCO3)n1. The summed E-state index contributed by atoms with van der Waals surface area (Å²) in [7, 11) is 0. The molecule has 0 saturated heterocycles. The molecule has 3 aromatic rings. The standard InChI is InChI=1S/C23H28N6O3/c1-3-29(4-2)23-27-21(24-12-11-16-5-8-18(30)9-6-16)26-22(28-23)25-14-17-7-10-19-20(13-17)32-15-31-19/h5-10,13,30H,3-4,11-12,14-15H2,1-2H3,(H2,24,25,26,27,28). The molecule has 0 fully saturated rings. The van der Waals surface area contributed by atoms with Crippen molar-refractivity contribution >= 4 is 17.8 Å². The van der Waals surface area contributed by atoms with Crippen LogP contribution in [0.15, 0.2) is 42.5 Å². The summed E-state index contributed by atoms with van der Waals surface area (Å²) in [5.74, 6) is 3.44. The van der Waals surface area contributed by atoms with Crippen molar-refractivity contribution in [1.82, 2.24) is 15.0 Å². The number of phenolic OH excluding ortho intramolecular Hbond substituents is 1. The summed E-state index contributed by atoms with van der Waals surface area (Å²) in [4.78, 5) is 15.8. The van der Waals surface area contributed by atoms with E-state index in [0.717, 1.165) is 42.1 Å². The molecule has 3 N–H and O–H groups in total. The number of anilines is 3. The number of hydrogen-bond donors (Lipinski definition) is 3. The van der Waals surface area contributed by atoms with Gasteiger partial charge in [-0.1, -0.05) is 18.2 Å². The summed E-state index contributed by atoms with van der Waals surface area (Å²) in [5, 5.41) is 16.0. The first-order chi connectivity index (χ1) is 15.6. The summed E-state index contributed by atoms with van der Waals surface area (Å²) in [6.07, 6.45) is 0.784. The number of nitrogens with one attached hydrogen (secondary N) is 2. The van der Waals surface area contributed by atoms with Gasteiger partial charge in [-0.2, -0.15) is 15.0 Å². The lowest BCUT2D eigenvalue weighted by atomic mass is 10.1. The van der Waals surface area contributed by atoms with Crippen molar-refractivity contribution in [2.75, 3.05) is 42.0 Å². The highest BCUT2D eigenvalue weighted by Crippen LogP contribution is 2.32. The van der Waals surface area contributed by atoms with E-state index in [1.807, 2.05) is 30.3 Å². The van der Waals surface area contributed by atoms with Crippen LogP contribution in [0.2, 0.25) is 0 Å². The Morgan fingerprint density at radius 1 is 0.875 bits per heavy atom. The molecule has 1 aliphatic rings. The van der Waals surface area contributed by atoms with E-state index in [0.29, 0.717) is 30.9 Å². The van der Waals surface area contributed by atoms with Gasteiger partial charge in [0.1, 0.15) is 5.75 Å². The molecule has 0 saturated carbocycles. The fourth-order valence-corrected chi connectivity index (χ4v) is 3.38. The van der Waals surface area contributed by atoms with E-state index in [-0.39, 0.29) is 12.5 Å². The molecule has 0 aliphatic carbocycles. The Kier molecular flexibility index (Phi) is 6.74. The van der Waals surface area contributed by atoms with Crippen LogP contribution in [0.3, 0.4) is 0 Å². The van der Waals surface area contributed by atoms with Crippen molar-refractivity contribution in [3.8, 4) is 17.2 Å². The van der Waals surface area contributed by atoms with Crippen LogP contribution in [-0.4, -0.2) is 46.5 Å². The first kappa shape index (κ1) is 21.5. The topological polar surface area (TPSA) is 105 Å². The van der Waals surface area contributed by atoms with E-state index in [2.05, 4.69) is 44.3 Å². The highest BCUT2D eigenvalue weighted by molar-refractivity contribution is 5.47. The highest BCUT2D eigenvalue weighted by atomic mass is 16.7. The third-order valence-corrected chi connectivity index (χ3v) is 5.19. The van der Waals surface area contributed by atoms with Gasteiger partial charge >= 0.3 is 0 Å². The van der Waals surface area contributed by atoms with E-state index in [4.69, 9.17) is 9.47 Å². The van der Waals surface area contributed by atoms with Crippen LogP contribution in [0.4, 0.5) is 17.8 Å². The number of benzene rings is 2. The maximum Gasteiger partial charge on any atom is 0.231 e. The van der Waals surface area contributed by atoms with Crippen LogP contribution in [0.1, 0.15) is 25.0 Å². The van der Waals surface area contributed by atoms with E-state index in [1.165, 1.54) is 0 Å². The molecule has 2 heterocycles. The molecule has 1 aliphatic heterocycles. The fraction of sp³-hybridized carbons (Fsp3) is 0.348. The summed E-state index contributed by atoms with van der Waals surface area (Å²) in [6.45, 7) is 7.21. The second kappa shape index (κ2) is 10.0. The van der Waals surface area contributed by atoms with Gasteiger partial charge in [0.15, 0.2) is 11.5 Å². The number of nitrogens with zero attached hydrogens (tertiary/aromatic N) is 4. The van der Waals surface area contributed by atoms with Gasteiger partial charge < -0.3 is 30.1 Å². The van der Waals surface area contributed by atoms with Gasteiger partial charge in [-0.3, -0.25) is 0 Å². The minimum atomic E-state index is 0.256. The lowest BCUT2D eigenvalue weighted by Crippen LogP contribution is -2.25. The minimum Gasteiger partial charge on any atom is -0.508 e. The van der Waals surface area contributed by atoms with Gasteiger partial charge in [-0.15, -0.1) is 0 Å². The summed E-state index contributed by atoms with van der Waals surface area (Å²) in [6, 6.07) is 13.0. The molecule has 0 atom stereocenters. The Morgan fingerprint density at radius 3 is 2.31 bits per heavy atom. The fourth-order valence-electron chi connectivity index (χ4n) is 3.38. The molecule has 0 amide bonds. The molecule has 0 unspecified atom stereocenters. The lowest BCUT2D eigenvalue weighted by molar-refractivity contribution is 0.174. The van der Waals surface area contributed by atoms with E-state index < -0.39 is 0 Å². The molecule has 9 nitrogen and oxygen atoms in total. The van der Waals surface area contributed by atoms with E-state index in [1.54, 1.807) is 12.1 Å². The van der Waals surface area contributed by atoms with Crippen LogP contribution < -0.4 is 25.0 Å². The zero-order valence-electron chi connectivity index (χ0n) is 18.3. The summed E-state index contributed by atoms with van der Waals surface area (Å²) >= 11 is 0. The molecule has 9 heteroatoms. The van der Waals surface area contributed by atoms with Crippen molar-refractivity contribution in [1.29, 1.82) is 0 Å². The summed E-state index contributed by atoms with van der Waals surface area (Å²) in [5.41, 5.74) is 2.16. The van der Waals surface area contributed by atoms with Gasteiger partial charge in [-0.25, -0.2) is 0 Å². The number of ether oxygens (including phenoxy) is 2. The first-order valence-electron chi connectivity index (χ1n) is 10.8. The molecule has 1 aromatic heterocycles. The third-order valence-electron chi connectivity index (χ3n) is 5.19. The molecule has 32 heavy (non-hydrogen) atoms. The average molecular weight is 437 g/mol. The Balaban J connectivity index is 1.45. The molecule has 2 aromatic carbocycles. The van der Waals surface area contributed by atoms with Crippen LogP contribution in [0, 0.1) is 0 Å². The Labute approximate surface area is 187 Å². The number of phenols is 1. The quantitative estimate of drug-likeness (QED) is 0.441. The number of aromatic nitrogens is 3. The number of rotatable bonds is 10. The first-order valence-corrected chi connectivity index (χ1v) is 10.8. The van der Waals surface area contributed by atoms with Crippen LogP contribution in [-0.2, 0) is 13.0 Å². The number of hydrogen-bond acceptors (Lipinski definition) is 9. The molecule has 168 valence electrons. The third kappa shape index (κ3) is 5.29. The van der Waals surface area contributed by atoms with Crippen molar-refractivity contribution in [2.45, 2.75) is 26.8 Å². The van der Waals surface area contributed by atoms with Gasteiger partial charge in [0, 0.05) is 26.2 Å². The monoisotopic (exact) mass is 436 g/mol. The second-order valence-electron chi connectivity index (χ2n) is 7.34. The van der Waals surface area contributed by atoms with Crippen molar-refractivity contribution in [3.05, 3.63) is 53.6 Å². The maximum absolute atomic E-state index is 9.43. The van der Waals surface area contributed by atoms with Crippen LogP contribution in [0.25, 0.3) is 0 Å². The van der Waals surface area contributed by atoms with Crippen LogP contribution in [0.5, 0.6) is 17.2 Å². The Morgan fingerprint density at radius 2 is 1.56 bits per heavy atom. The molecule has 0 bridgehead atoms. The second-order valence-corrected chi connectivity index (χ2v) is 7.34. The predicted octanol–water partition coefficient (Wildman–Crippen LogP) is 3.42. The van der Waals surface area contributed by atoms with Gasteiger partial charge in [0.2, 0.25) is 24.6 Å². The van der Waals surface area contributed by atoms with Crippen molar-refractivity contribution in [3.63, 3.8) is 0 Å². The van der Waals surface area contributed by atoms with E-state index >= 15 is 0 Å². The minimum absolute atomic E-state index is 0.256. The molecular formula is C23H28N6O3.